The lowest BCUT2D eigenvalue weighted by Gasteiger charge is -2.36. The first-order chi connectivity index (χ1) is 9.51. The molecule has 6 nitrogen and oxygen atoms in total. The van der Waals surface area contributed by atoms with Crippen LogP contribution in [0.2, 0.25) is 0 Å². The predicted molar refractivity (Wildman–Crippen MR) is 87.2 cm³/mol. The molecule has 1 N–H and O–H groups in total. The van der Waals surface area contributed by atoms with Crippen LogP contribution in [-0.2, 0) is 9.84 Å². The van der Waals surface area contributed by atoms with E-state index in [1.54, 1.807) is 25.7 Å². The first kappa shape index (κ1) is 15.8. The lowest BCUT2D eigenvalue weighted by atomic mass is 10.4. The second-order valence-corrected chi connectivity index (χ2v) is 8.67. The number of nitrogens with one attached hydrogen (secondary N) is 1. The molecule has 0 aliphatic carbocycles. The van der Waals surface area contributed by atoms with Crippen molar-refractivity contribution >= 4 is 49.2 Å². The molecule has 1 aromatic heterocycles. The van der Waals surface area contributed by atoms with Crippen LogP contribution >= 0.6 is 27.7 Å². The number of halogens is 1. The fraction of sp³-hybridized carbons (Fsp3) is 0.636. The van der Waals surface area contributed by atoms with Gasteiger partial charge in [0.25, 0.3) is 0 Å². The van der Waals surface area contributed by atoms with E-state index in [1.807, 2.05) is 4.90 Å². The SMILES string of the molecule is CCS(=O)(=O)C1CSCCN1c1ncnc(NC)c1Br. The number of hydrogen-bond acceptors (Lipinski definition) is 7. The van der Waals surface area contributed by atoms with Gasteiger partial charge in [0.15, 0.2) is 9.84 Å². The zero-order valence-electron chi connectivity index (χ0n) is 11.3. The van der Waals surface area contributed by atoms with Gasteiger partial charge < -0.3 is 10.2 Å². The van der Waals surface area contributed by atoms with Crippen LogP contribution in [0.3, 0.4) is 0 Å². The molecule has 0 aromatic carbocycles. The normalized spacial score (nSPS) is 19.9. The van der Waals surface area contributed by atoms with Gasteiger partial charge in [0, 0.05) is 30.9 Å². The Morgan fingerprint density at radius 1 is 1.55 bits per heavy atom. The van der Waals surface area contributed by atoms with Crippen LogP contribution in [0.4, 0.5) is 11.6 Å². The lowest BCUT2D eigenvalue weighted by Crippen LogP contribution is -2.48. The molecule has 1 aromatic rings. The molecule has 2 rings (SSSR count). The highest BCUT2D eigenvalue weighted by Gasteiger charge is 2.34. The van der Waals surface area contributed by atoms with E-state index in [0.717, 1.165) is 5.75 Å². The van der Waals surface area contributed by atoms with Crippen molar-refractivity contribution in [3.05, 3.63) is 10.8 Å². The Morgan fingerprint density at radius 3 is 2.95 bits per heavy atom. The van der Waals surface area contributed by atoms with E-state index in [4.69, 9.17) is 0 Å². The van der Waals surface area contributed by atoms with Crippen molar-refractivity contribution in [2.45, 2.75) is 12.3 Å². The predicted octanol–water partition coefficient (Wildman–Crippen LogP) is 1.59. The van der Waals surface area contributed by atoms with E-state index < -0.39 is 15.2 Å². The zero-order valence-corrected chi connectivity index (χ0v) is 14.6. The number of aromatic nitrogens is 2. The molecular formula is C11H17BrN4O2S2. The van der Waals surface area contributed by atoms with Gasteiger partial charge in [0.2, 0.25) is 0 Å². The molecule has 112 valence electrons. The molecule has 1 fully saturated rings. The molecule has 1 aliphatic rings. The van der Waals surface area contributed by atoms with Gasteiger partial charge in [-0.1, -0.05) is 6.92 Å². The maximum absolute atomic E-state index is 12.3. The summed E-state index contributed by atoms with van der Waals surface area (Å²) in [5.41, 5.74) is 0. The lowest BCUT2D eigenvalue weighted by molar-refractivity contribution is 0.578. The van der Waals surface area contributed by atoms with E-state index in [9.17, 15) is 8.42 Å². The number of nitrogens with zero attached hydrogens (tertiary/aromatic N) is 3. The minimum atomic E-state index is -3.15. The third-order valence-electron chi connectivity index (χ3n) is 3.18. The van der Waals surface area contributed by atoms with Crippen molar-refractivity contribution in [1.29, 1.82) is 0 Å². The first-order valence-corrected chi connectivity index (χ1v) is 9.91. The molecule has 1 unspecified atom stereocenters. The first-order valence-electron chi connectivity index (χ1n) is 6.25. The number of thioether (sulfide) groups is 1. The Bertz CT molecular complexity index is 582. The molecule has 1 atom stereocenters. The van der Waals surface area contributed by atoms with Crippen LogP contribution in [0, 0.1) is 0 Å². The highest BCUT2D eigenvalue weighted by atomic mass is 79.9. The topological polar surface area (TPSA) is 75.2 Å². The molecule has 0 amide bonds. The monoisotopic (exact) mass is 380 g/mol. The van der Waals surface area contributed by atoms with Crippen molar-refractivity contribution in [2.24, 2.45) is 0 Å². The summed E-state index contributed by atoms with van der Waals surface area (Å²) in [4.78, 5) is 10.2. The van der Waals surface area contributed by atoms with Crippen molar-refractivity contribution in [3.63, 3.8) is 0 Å². The smallest absolute Gasteiger partial charge is 0.171 e. The minimum absolute atomic E-state index is 0.135. The number of sulfone groups is 1. The van der Waals surface area contributed by atoms with Gasteiger partial charge in [-0.05, 0) is 15.9 Å². The molecule has 0 saturated carbocycles. The Labute approximate surface area is 131 Å². The molecule has 0 spiro atoms. The van der Waals surface area contributed by atoms with Crippen LogP contribution < -0.4 is 10.2 Å². The van der Waals surface area contributed by atoms with Crippen molar-refractivity contribution in [3.8, 4) is 0 Å². The second-order valence-electron chi connectivity index (χ2n) is 4.28. The largest absolute Gasteiger partial charge is 0.372 e. The van der Waals surface area contributed by atoms with E-state index >= 15 is 0 Å². The quantitative estimate of drug-likeness (QED) is 0.849. The average Bonchev–Trinajstić information content (AvgIpc) is 2.47. The number of hydrogen-bond donors (Lipinski definition) is 1. The number of anilines is 2. The summed E-state index contributed by atoms with van der Waals surface area (Å²) in [5, 5.41) is 2.44. The highest BCUT2D eigenvalue weighted by molar-refractivity contribution is 9.10. The fourth-order valence-electron chi connectivity index (χ4n) is 2.05. The number of rotatable bonds is 4. The van der Waals surface area contributed by atoms with Gasteiger partial charge in [-0.3, -0.25) is 0 Å². The molecule has 0 radical (unpaired) electrons. The van der Waals surface area contributed by atoms with Gasteiger partial charge in [-0.2, -0.15) is 11.8 Å². The summed E-state index contributed by atoms with van der Waals surface area (Å²) in [5.74, 6) is 2.88. The van der Waals surface area contributed by atoms with Crippen molar-refractivity contribution in [1.82, 2.24) is 9.97 Å². The maximum atomic E-state index is 12.3. The average molecular weight is 381 g/mol. The third-order valence-corrected chi connectivity index (χ3v) is 7.20. The highest BCUT2D eigenvalue weighted by Crippen LogP contribution is 2.34. The summed E-state index contributed by atoms with van der Waals surface area (Å²) >= 11 is 5.13. The van der Waals surface area contributed by atoms with Gasteiger partial charge in [-0.15, -0.1) is 0 Å². The van der Waals surface area contributed by atoms with Gasteiger partial charge >= 0.3 is 0 Å². The summed E-state index contributed by atoms with van der Waals surface area (Å²) in [6.45, 7) is 2.34. The van der Waals surface area contributed by atoms with Crippen LogP contribution in [-0.4, -0.2) is 54.6 Å². The Kier molecular flexibility index (Phi) is 5.14. The summed E-state index contributed by atoms with van der Waals surface area (Å²) in [6.07, 6.45) is 1.45. The van der Waals surface area contributed by atoms with Gasteiger partial charge in [-0.25, -0.2) is 18.4 Å². The van der Waals surface area contributed by atoms with Crippen molar-refractivity contribution < 1.29 is 8.42 Å². The van der Waals surface area contributed by atoms with Crippen molar-refractivity contribution in [2.75, 3.05) is 41.1 Å². The summed E-state index contributed by atoms with van der Waals surface area (Å²) < 4.78 is 25.2. The van der Waals surface area contributed by atoms with Gasteiger partial charge in [0.1, 0.15) is 27.8 Å². The Morgan fingerprint density at radius 2 is 2.30 bits per heavy atom. The molecule has 20 heavy (non-hydrogen) atoms. The van der Waals surface area contributed by atoms with E-state index in [1.165, 1.54) is 6.33 Å². The van der Waals surface area contributed by atoms with Crippen LogP contribution in [0.5, 0.6) is 0 Å². The Balaban J connectivity index is 2.43. The van der Waals surface area contributed by atoms with Crippen LogP contribution in [0.15, 0.2) is 10.8 Å². The Hall–Kier alpha value is -0.540. The van der Waals surface area contributed by atoms with Crippen LogP contribution in [0.25, 0.3) is 0 Å². The molecule has 1 aliphatic heterocycles. The second kappa shape index (κ2) is 6.48. The van der Waals surface area contributed by atoms with E-state index in [0.29, 0.717) is 28.4 Å². The third kappa shape index (κ3) is 3.04. The van der Waals surface area contributed by atoms with Crippen LogP contribution in [0.1, 0.15) is 6.92 Å². The summed E-state index contributed by atoms with van der Waals surface area (Å²) in [6, 6.07) is 0. The van der Waals surface area contributed by atoms with E-state index in [-0.39, 0.29) is 5.75 Å². The van der Waals surface area contributed by atoms with E-state index in [2.05, 4.69) is 31.2 Å². The molecule has 2 heterocycles. The fourth-order valence-corrected chi connectivity index (χ4v) is 5.65. The minimum Gasteiger partial charge on any atom is -0.372 e. The standard InChI is InChI=1S/C11H17BrN4O2S2/c1-3-20(17,18)8-6-19-5-4-16(8)11-9(12)10(13-2)14-7-15-11/h7-8H,3-6H2,1-2H3,(H,13,14,15). The molecular weight excluding hydrogens is 364 g/mol. The summed E-state index contributed by atoms with van der Waals surface area (Å²) in [7, 11) is -1.38. The molecule has 9 heteroatoms. The van der Waals surface area contributed by atoms with Gasteiger partial charge in [0.05, 0.1) is 0 Å². The zero-order chi connectivity index (χ0) is 14.8. The molecule has 0 bridgehead atoms. The maximum Gasteiger partial charge on any atom is 0.171 e. The molecule has 1 saturated heterocycles.